The van der Waals surface area contributed by atoms with Gasteiger partial charge in [0.15, 0.2) is 0 Å². The fourth-order valence-corrected chi connectivity index (χ4v) is 3.34. The molecule has 7 heteroatoms. The fraction of sp³-hybridized carbons (Fsp3) is 0.400. The lowest BCUT2D eigenvalue weighted by Crippen LogP contribution is -2.11. The van der Waals surface area contributed by atoms with Crippen LogP contribution < -0.4 is 0 Å². The van der Waals surface area contributed by atoms with Gasteiger partial charge < -0.3 is 9.84 Å². The molecule has 0 bridgehead atoms. The lowest BCUT2D eigenvalue weighted by molar-refractivity contribution is -0.385. The van der Waals surface area contributed by atoms with Crippen molar-refractivity contribution in [3.8, 4) is 0 Å². The van der Waals surface area contributed by atoms with Crippen LogP contribution in [0.5, 0.6) is 0 Å². The molecule has 118 valence electrons. The molecule has 6 nitrogen and oxygen atoms in total. The third-order valence-corrected chi connectivity index (χ3v) is 4.76. The van der Waals surface area contributed by atoms with E-state index in [0.717, 1.165) is 10.7 Å². The molecule has 2 rings (SSSR count). The van der Waals surface area contributed by atoms with Crippen molar-refractivity contribution in [2.75, 3.05) is 12.9 Å². The van der Waals surface area contributed by atoms with Gasteiger partial charge in [0.1, 0.15) is 0 Å². The number of rotatable bonds is 4. The number of carbonyl (C=O) groups excluding carboxylic acids is 1. The van der Waals surface area contributed by atoms with E-state index in [9.17, 15) is 20.0 Å². The average molecular weight is 323 g/mol. The molecule has 0 spiro atoms. The van der Waals surface area contributed by atoms with Crippen LogP contribution in [-0.4, -0.2) is 35.0 Å². The second-order valence-corrected chi connectivity index (χ2v) is 6.19. The lowest BCUT2D eigenvalue weighted by Gasteiger charge is -2.10. The van der Waals surface area contributed by atoms with E-state index in [1.54, 1.807) is 25.1 Å². The highest BCUT2D eigenvalue weighted by molar-refractivity contribution is 8.03. The maximum absolute atomic E-state index is 11.6. The van der Waals surface area contributed by atoms with Crippen LogP contribution in [0.15, 0.2) is 23.1 Å². The van der Waals surface area contributed by atoms with Crippen LogP contribution in [-0.2, 0) is 9.53 Å². The molecule has 1 fully saturated rings. The van der Waals surface area contributed by atoms with Crippen molar-refractivity contribution in [1.82, 2.24) is 0 Å². The van der Waals surface area contributed by atoms with Crippen molar-refractivity contribution in [3.05, 3.63) is 44.3 Å². The summed E-state index contributed by atoms with van der Waals surface area (Å²) < 4.78 is 4.66. The predicted molar refractivity (Wildman–Crippen MR) is 84.6 cm³/mol. The van der Waals surface area contributed by atoms with Crippen molar-refractivity contribution in [1.29, 1.82) is 0 Å². The molecule has 1 N–H and O–H groups in total. The third kappa shape index (κ3) is 3.48. The number of nitro groups is 1. The Morgan fingerprint density at radius 3 is 2.86 bits per heavy atom. The summed E-state index contributed by atoms with van der Waals surface area (Å²) in [5, 5.41) is 21.1. The van der Waals surface area contributed by atoms with E-state index in [-0.39, 0.29) is 5.69 Å². The largest absolute Gasteiger partial charge is 0.469 e. The van der Waals surface area contributed by atoms with Crippen LogP contribution in [0.4, 0.5) is 5.69 Å². The van der Waals surface area contributed by atoms with Gasteiger partial charge in [0.05, 0.1) is 29.6 Å². The molecule has 0 amide bonds. The summed E-state index contributed by atoms with van der Waals surface area (Å²) in [6, 6.07) is 4.67. The van der Waals surface area contributed by atoms with E-state index in [1.165, 1.54) is 24.9 Å². The zero-order valence-electron chi connectivity index (χ0n) is 12.3. The zero-order valence-corrected chi connectivity index (χ0v) is 13.1. The van der Waals surface area contributed by atoms with Crippen molar-refractivity contribution < 1.29 is 19.6 Å². The van der Waals surface area contributed by atoms with Crippen LogP contribution in [0.25, 0.3) is 6.08 Å². The van der Waals surface area contributed by atoms with Gasteiger partial charge in [0.2, 0.25) is 0 Å². The Bertz CT molecular complexity index is 628. The maximum atomic E-state index is 11.6. The van der Waals surface area contributed by atoms with E-state index in [1.807, 2.05) is 0 Å². The SMILES string of the molecule is COC(=O)C(C)c1ccc(C=C2SCCC2O)c([N+](=O)[O-])c1. The van der Waals surface area contributed by atoms with Crippen molar-refractivity contribution in [2.45, 2.75) is 25.4 Å². The minimum atomic E-state index is -0.572. The van der Waals surface area contributed by atoms with Gasteiger partial charge in [-0.05, 0) is 31.1 Å². The number of aliphatic hydroxyl groups is 1. The monoisotopic (exact) mass is 323 g/mol. The van der Waals surface area contributed by atoms with E-state index >= 15 is 0 Å². The first-order valence-corrected chi connectivity index (χ1v) is 7.81. The molecular weight excluding hydrogens is 306 g/mol. The molecule has 1 saturated heterocycles. The number of hydrogen-bond acceptors (Lipinski definition) is 6. The van der Waals surface area contributed by atoms with Crippen LogP contribution in [0, 0.1) is 10.1 Å². The van der Waals surface area contributed by atoms with Gasteiger partial charge in [0, 0.05) is 16.7 Å². The van der Waals surface area contributed by atoms with Crippen molar-refractivity contribution >= 4 is 29.5 Å². The Kier molecular flexibility index (Phi) is 5.20. The Labute approximate surface area is 132 Å². The molecule has 1 aliphatic rings. The van der Waals surface area contributed by atoms with Gasteiger partial charge in [0.25, 0.3) is 5.69 Å². The molecule has 1 aliphatic heterocycles. The molecule has 0 radical (unpaired) electrons. The summed E-state index contributed by atoms with van der Waals surface area (Å²) in [6.45, 7) is 1.64. The van der Waals surface area contributed by atoms with E-state index in [2.05, 4.69) is 4.74 Å². The van der Waals surface area contributed by atoms with Crippen molar-refractivity contribution in [2.24, 2.45) is 0 Å². The second kappa shape index (κ2) is 6.93. The summed E-state index contributed by atoms with van der Waals surface area (Å²) in [5.74, 6) is -0.211. The topological polar surface area (TPSA) is 89.7 Å². The van der Waals surface area contributed by atoms with Gasteiger partial charge in [-0.1, -0.05) is 6.07 Å². The highest BCUT2D eigenvalue weighted by Gasteiger charge is 2.23. The average Bonchev–Trinajstić information content (AvgIpc) is 2.91. The number of carbonyl (C=O) groups is 1. The zero-order chi connectivity index (χ0) is 16.3. The van der Waals surface area contributed by atoms with Gasteiger partial charge in [-0.2, -0.15) is 0 Å². The molecule has 22 heavy (non-hydrogen) atoms. The third-order valence-electron chi connectivity index (χ3n) is 3.59. The molecule has 1 aromatic carbocycles. The normalized spacial score (nSPS) is 20.9. The first kappa shape index (κ1) is 16.5. The van der Waals surface area contributed by atoms with Gasteiger partial charge >= 0.3 is 5.97 Å². The lowest BCUT2D eigenvalue weighted by atomic mass is 9.98. The molecule has 0 saturated carbocycles. The molecule has 0 aliphatic carbocycles. The highest BCUT2D eigenvalue weighted by Crippen LogP contribution is 2.35. The minimum absolute atomic E-state index is 0.0829. The molecule has 2 unspecified atom stereocenters. The fourth-order valence-electron chi connectivity index (χ4n) is 2.24. The smallest absolute Gasteiger partial charge is 0.312 e. The van der Waals surface area contributed by atoms with Gasteiger partial charge in [-0.25, -0.2) is 0 Å². The quantitative estimate of drug-likeness (QED) is 0.520. The number of hydrogen-bond donors (Lipinski definition) is 1. The van der Waals surface area contributed by atoms with Crippen LogP contribution in [0.2, 0.25) is 0 Å². The summed E-state index contributed by atoms with van der Waals surface area (Å²) in [5.41, 5.74) is 0.870. The van der Waals surface area contributed by atoms with Gasteiger partial charge in [-0.3, -0.25) is 14.9 Å². The minimum Gasteiger partial charge on any atom is -0.469 e. The van der Waals surface area contributed by atoms with Crippen LogP contribution in [0.1, 0.15) is 30.4 Å². The number of nitrogens with zero attached hydrogens (tertiary/aromatic N) is 1. The molecular formula is C15H17NO5S. The number of nitro benzene ring substituents is 1. The first-order valence-electron chi connectivity index (χ1n) is 6.82. The Hall–Kier alpha value is -1.86. The second-order valence-electron chi connectivity index (χ2n) is 5.02. The standard InChI is InChI=1S/C15H17NO5S/c1-9(15(18)21-2)10-3-4-11(12(7-10)16(19)20)8-14-13(17)5-6-22-14/h3-4,7-9,13,17H,5-6H2,1-2H3. The van der Waals surface area contributed by atoms with Crippen molar-refractivity contribution in [3.63, 3.8) is 0 Å². The maximum Gasteiger partial charge on any atom is 0.312 e. The Morgan fingerprint density at radius 2 is 2.32 bits per heavy atom. The number of esters is 1. The van der Waals surface area contributed by atoms with E-state index in [0.29, 0.717) is 17.5 Å². The number of thioether (sulfide) groups is 1. The molecule has 2 atom stereocenters. The summed E-state index contributed by atoms with van der Waals surface area (Å²) >= 11 is 1.50. The highest BCUT2D eigenvalue weighted by atomic mass is 32.2. The molecule has 0 aromatic heterocycles. The van der Waals surface area contributed by atoms with Crippen LogP contribution in [0.3, 0.4) is 0 Å². The predicted octanol–water partition coefficient (Wildman–Crippen LogP) is 2.71. The van der Waals surface area contributed by atoms with E-state index < -0.39 is 22.9 Å². The number of ether oxygens (including phenoxy) is 1. The van der Waals surface area contributed by atoms with Gasteiger partial charge in [-0.15, -0.1) is 11.8 Å². The molecule has 1 aromatic rings. The number of benzene rings is 1. The molecule has 1 heterocycles. The number of methoxy groups -OCH3 is 1. The Balaban J connectivity index is 2.40. The summed E-state index contributed by atoms with van der Waals surface area (Å²) in [6.07, 6.45) is 1.74. The summed E-state index contributed by atoms with van der Waals surface area (Å²) in [4.78, 5) is 23.1. The van der Waals surface area contributed by atoms with E-state index in [4.69, 9.17) is 0 Å². The first-order chi connectivity index (χ1) is 10.4. The Morgan fingerprint density at radius 1 is 1.59 bits per heavy atom. The number of aliphatic hydroxyl groups excluding tert-OH is 1. The van der Waals surface area contributed by atoms with Crippen LogP contribution >= 0.6 is 11.8 Å². The summed E-state index contributed by atoms with van der Waals surface area (Å²) in [7, 11) is 1.28.